The van der Waals surface area contributed by atoms with E-state index in [1.54, 1.807) is 29.2 Å². The maximum absolute atomic E-state index is 11.9. The number of carbonyl (C=O) groups excluding carboxylic acids is 1. The summed E-state index contributed by atoms with van der Waals surface area (Å²) in [7, 11) is 0. The number of amides is 1. The topological polar surface area (TPSA) is 67.2 Å². The van der Waals surface area contributed by atoms with E-state index in [2.05, 4.69) is 10.4 Å². The molecule has 0 atom stereocenters. The van der Waals surface area contributed by atoms with Gasteiger partial charge in [-0.25, -0.2) is 0 Å². The zero-order chi connectivity index (χ0) is 13.1. The third-order valence-electron chi connectivity index (χ3n) is 2.50. The zero-order valence-corrected chi connectivity index (χ0v) is 10.3. The molecule has 0 aliphatic heterocycles. The van der Waals surface area contributed by atoms with Crippen LogP contribution in [0.4, 0.5) is 5.69 Å². The molecule has 0 saturated heterocycles. The van der Waals surface area contributed by atoms with Gasteiger partial charge >= 0.3 is 0 Å². The molecule has 0 unspecified atom stereocenters. The fraction of sp³-hybridized carbons (Fsp3) is 0.231. The summed E-state index contributed by atoms with van der Waals surface area (Å²) in [6, 6.07) is 6.45. The van der Waals surface area contributed by atoms with E-state index < -0.39 is 0 Å². The summed E-state index contributed by atoms with van der Waals surface area (Å²) in [6.45, 7) is 4.02. The fourth-order valence-electron chi connectivity index (χ4n) is 1.54. The molecule has 5 heteroatoms. The smallest absolute Gasteiger partial charge is 0.255 e. The first-order valence-electron chi connectivity index (χ1n) is 5.71. The van der Waals surface area contributed by atoms with Crippen LogP contribution in [0, 0.1) is 0 Å². The molecule has 0 aliphatic rings. The zero-order valence-electron chi connectivity index (χ0n) is 10.3. The molecule has 0 fully saturated rings. The number of rotatable bonds is 3. The highest BCUT2D eigenvalue weighted by Gasteiger charge is 2.08. The summed E-state index contributed by atoms with van der Waals surface area (Å²) in [5.74, 6) is -0.199. The average Bonchev–Trinajstić information content (AvgIpc) is 2.77. The van der Waals surface area contributed by atoms with Gasteiger partial charge in [-0.1, -0.05) is 6.07 Å². The lowest BCUT2D eigenvalue weighted by atomic mass is 10.2. The first-order valence-corrected chi connectivity index (χ1v) is 5.71. The number of hydrogen-bond donors (Lipinski definition) is 2. The monoisotopic (exact) mass is 245 g/mol. The number of aromatic hydroxyl groups is 1. The van der Waals surface area contributed by atoms with Crippen LogP contribution in [0.5, 0.6) is 5.75 Å². The van der Waals surface area contributed by atoms with Crippen molar-refractivity contribution in [1.82, 2.24) is 9.78 Å². The molecule has 0 saturated carbocycles. The van der Waals surface area contributed by atoms with Crippen molar-refractivity contribution in [3.63, 3.8) is 0 Å². The van der Waals surface area contributed by atoms with Gasteiger partial charge in [0.05, 0.1) is 11.9 Å². The Morgan fingerprint density at radius 3 is 2.83 bits per heavy atom. The van der Waals surface area contributed by atoms with E-state index in [-0.39, 0.29) is 17.7 Å². The Morgan fingerprint density at radius 2 is 2.22 bits per heavy atom. The molecule has 1 aromatic heterocycles. The normalized spacial score (nSPS) is 10.6. The first-order chi connectivity index (χ1) is 8.56. The predicted molar refractivity (Wildman–Crippen MR) is 68.7 cm³/mol. The molecule has 18 heavy (non-hydrogen) atoms. The summed E-state index contributed by atoms with van der Waals surface area (Å²) in [5.41, 5.74) is 1.05. The van der Waals surface area contributed by atoms with E-state index in [1.807, 2.05) is 13.8 Å². The maximum Gasteiger partial charge on any atom is 0.255 e. The third-order valence-corrected chi connectivity index (χ3v) is 2.50. The van der Waals surface area contributed by atoms with Crippen LogP contribution >= 0.6 is 0 Å². The van der Waals surface area contributed by atoms with Gasteiger partial charge in [-0.05, 0) is 32.0 Å². The standard InChI is InChI=1S/C13H15N3O2/c1-9(2)16-8-11(7-14-16)15-13(18)10-4-3-5-12(17)6-10/h3-9,17H,1-2H3,(H,15,18). The summed E-state index contributed by atoms with van der Waals surface area (Å²) < 4.78 is 1.76. The second-order valence-electron chi connectivity index (χ2n) is 4.31. The minimum atomic E-state index is -0.269. The third kappa shape index (κ3) is 2.68. The van der Waals surface area contributed by atoms with E-state index in [0.717, 1.165) is 0 Å². The van der Waals surface area contributed by atoms with Crippen LogP contribution in [0.25, 0.3) is 0 Å². The molecule has 2 N–H and O–H groups in total. The van der Waals surface area contributed by atoms with Gasteiger partial charge in [0.15, 0.2) is 0 Å². The van der Waals surface area contributed by atoms with E-state index in [1.165, 1.54) is 12.1 Å². The predicted octanol–water partition coefficient (Wildman–Crippen LogP) is 2.42. The number of benzene rings is 1. The minimum absolute atomic E-state index is 0.0699. The second kappa shape index (κ2) is 4.91. The molecule has 2 rings (SSSR count). The molecule has 0 aliphatic carbocycles. The lowest BCUT2D eigenvalue weighted by Crippen LogP contribution is -2.11. The molecule has 1 amide bonds. The van der Waals surface area contributed by atoms with E-state index >= 15 is 0 Å². The van der Waals surface area contributed by atoms with Gasteiger partial charge in [0, 0.05) is 17.8 Å². The van der Waals surface area contributed by atoms with Gasteiger partial charge in [0.1, 0.15) is 5.75 Å². The molecule has 5 nitrogen and oxygen atoms in total. The van der Waals surface area contributed by atoms with Crippen LogP contribution in [0.3, 0.4) is 0 Å². The van der Waals surface area contributed by atoms with Gasteiger partial charge in [-0.15, -0.1) is 0 Å². The SMILES string of the molecule is CC(C)n1cc(NC(=O)c2cccc(O)c2)cn1. The number of anilines is 1. The number of phenols is 1. The molecule has 0 radical (unpaired) electrons. The van der Waals surface area contributed by atoms with Crippen molar-refractivity contribution in [3.05, 3.63) is 42.2 Å². The largest absolute Gasteiger partial charge is 0.508 e. The highest BCUT2D eigenvalue weighted by molar-refractivity contribution is 6.04. The van der Waals surface area contributed by atoms with Gasteiger partial charge in [0.2, 0.25) is 0 Å². The Labute approximate surface area is 105 Å². The van der Waals surface area contributed by atoms with E-state index in [0.29, 0.717) is 11.3 Å². The maximum atomic E-state index is 11.9. The van der Waals surface area contributed by atoms with Crippen molar-refractivity contribution in [3.8, 4) is 5.75 Å². The molecule has 0 bridgehead atoms. The van der Waals surface area contributed by atoms with E-state index in [9.17, 15) is 9.90 Å². The number of nitrogens with zero attached hydrogens (tertiary/aromatic N) is 2. The van der Waals surface area contributed by atoms with Crippen LogP contribution in [0.1, 0.15) is 30.2 Å². The van der Waals surface area contributed by atoms with Crippen LogP contribution in [-0.4, -0.2) is 20.8 Å². The Morgan fingerprint density at radius 1 is 1.44 bits per heavy atom. The number of nitrogens with one attached hydrogen (secondary N) is 1. The van der Waals surface area contributed by atoms with Crippen molar-refractivity contribution >= 4 is 11.6 Å². The van der Waals surface area contributed by atoms with Crippen LogP contribution in [0.2, 0.25) is 0 Å². The van der Waals surface area contributed by atoms with Crippen molar-refractivity contribution in [1.29, 1.82) is 0 Å². The van der Waals surface area contributed by atoms with Crippen molar-refractivity contribution in [2.45, 2.75) is 19.9 Å². The fourth-order valence-corrected chi connectivity index (χ4v) is 1.54. The number of aromatic nitrogens is 2. The van der Waals surface area contributed by atoms with Gasteiger partial charge in [0.25, 0.3) is 5.91 Å². The summed E-state index contributed by atoms with van der Waals surface area (Å²) in [5, 5.41) is 16.2. The highest BCUT2D eigenvalue weighted by Crippen LogP contribution is 2.14. The van der Waals surface area contributed by atoms with Crippen molar-refractivity contribution < 1.29 is 9.90 Å². The molecular formula is C13H15N3O2. The molecule has 94 valence electrons. The van der Waals surface area contributed by atoms with Gasteiger partial charge in [-0.2, -0.15) is 5.10 Å². The number of hydrogen-bond acceptors (Lipinski definition) is 3. The quantitative estimate of drug-likeness (QED) is 0.872. The molecule has 1 aromatic carbocycles. The van der Waals surface area contributed by atoms with Gasteiger partial charge < -0.3 is 10.4 Å². The van der Waals surface area contributed by atoms with E-state index in [4.69, 9.17) is 0 Å². The molecular weight excluding hydrogens is 230 g/mol. The Kier molecular flexibility index (Phi) is 3.32. The second-order valence-corrected chi connectivity index (χ2v) is 4.31. The Balaban J connectivity index is 2.11. The molecule has 0 spiro atoms. The Hall–Kier alpha value is -2.30. The van der Waals surface area contributed by atoms with Crippen LogP contribution < -0.4 is 5.32 Å². The van der Waals surface area contributed by atoms with Crippen LogP contribution in [-0.2, 0) is 0 Å². The summed E-state index contributed by atoms with van der Waals surface area (Å²) >= 11 is 0. The number of carbonyl (C=O) groups is 1. The van der Waals surface area contributed by atoms with Gasteiger partial charge in [-0.3, -0.25) is 9.48 Å². The van der Waals surface area contributed by atoms with Crippen molar-refractivity contribution in [2.75, 3.05) is 5.32 Å². The lowest BCUT2D eigenvalue weighted by molar-refractivity contribution is 0.102. The average molecular weight is 245 g/mol. The number of phenolic OH excluding ortho intramolecular Hbond substituents is 1. The Bertz CT molecular complexity index is 561. The lowest BCUT2D eigenvalue weighted by Gasteiger charge is -2.04. The summed E-state index contributed by atoms with van der Waals surface area (Å²) in [6.07, 6.45) is 3.37. The minimum Gasteiger partial charge on any atom is -0.508 e. The van der Waals surface area contributed by atoms with Crippen LogP contribution in [0.15, 0.2) is 36.7 Å². The first kappa shape index (κ1) is 12.2. The molecule has 1 heterocycles. The molecule has 2 aromatic rings. The van der Waals surface area contributed by atoms with Crippen molar-refractivity contribution in [2.24, 2.45) is 0 Å². The summed E-state index contributed by atoms with van der Waals surface area (Å²) in [4.78, 5) is 11.9. The highest BCUT2D eigenvalue weighted by atomic mass is 16.3.